The molecule has 1 N–H and O–H groups in total. The lowest BCUT2D eigenvalue weighted by Gasteiger charge is -2.24. The Hall–Kier alpha value is -1.32. The number of hydrogen-bond donors (Lipinski definition) is 1. The van der Waals surface area contributed by atoms with Crippen molar-refractivity contribution in [3.63, 3.8) is 0 Å². The van der Waals surface area contributed by atoms with Gasteiger partial charge in [0.25, 0.3) is 0 Å². The molecular weight excluding hydrogens is 314 g/mol. The summed E-state index contributed by atoms with van der Waals surface area (Å²) in [5, 5.41) is 10.1. The van der Waals surface area contributed by atoms with Crippen molar-refractivity contribution in [3.8, 4) is 0 Å². The highest BCUT2D eigenvalue weighted by molar-refractivity contribution is 9.10. The molecule has 3 heteroatoms. The molecule has 0 saturated carbocycles. The number of nitrogens with zero attached hydrogens (tertiary/aromatic N) is 1. The lowest BCUT2D eigenvalue weighted by Crippen LogP contribution is -2.18. The number of para-hydroxylation sites is 1. The van der Waals surface area contributed by atoms with Crippen molar-refractivity contribution in [2.75, 3.05) is 11.9 Å². The number of rotatable bonds is 5. The van der Waals surface area contributed by atoms with Gasteiger partial charge >= 0.3 is 0 Å². The van der Waals surface area contributed by atoms with Crippen molar-refractivity contribution < 1.29 is 5.11 Å². The number of aliphatic hydroxyl groups excluding tert-OH is 1. The zero-order valence-corrected chi connectivity index (χ0v) is 13.5. The lowest BCUT2D eigenvalue weighted by atomic mass is 10.0. The molecule has 1 unspecified atom stereocenters. The van der Waals surface area contributed by atoms with Crippen molar-refractivity contribution in [1.29, 1.82) is 0 Å². The van der Waals surface area contributed by atoms with E-state index in [0.29, 0.717) is 0 Å². The number of aliphatic hydroxyl groups is 1. The normalized spacial score (nSPS) is 12.2. The summed E-state index contributed by atoms with van der Waals surface area (Å²) in [6.07, 6.45) is 0.318. The Labute approximate surface area is 129 Å². The van der Waals surface area contributed by atoms with Gasteiger partial charge < -0.3 is 10.0 Å². The summed E-state index contributed by atoms with van der Waals surface area (Å²) < 4.78 is 1.09. The first-order chi connectivity index (χ1) is 9.61. The minimum atomic E-state index is -0.406. The van der Waals surface area contributed by atoms with Crippen LogP contribution >= 0.6 is 15.9 Å². The van der Waals surface area contributed by atoms with Gasteiger partial charge in [0.1, 0.15) is 0 Å². The summed E-state index contributed by atoms with van der Waals surface area (Å²) in [7, 11) is 2.06. The Morgan fingerprint density at radius 3 is 2.60 bits per heavy atom. The number of halogens is 1. The van der Waals surface area contributed by atoms with Gasteiger partial charge in [-0.3, -0.25) is 0 Å². The van der Waals surface area contributed by atoms with Gasteiger partial charge in [-0.15, -0.1) is 0 Å². The number of hydrogen-bond acceptors (Lipinski definition) is 2. The minimum absolute atomic E-state index is 0.406. The smallest absolute Gasteiger partial charge is 0.0807 e. The van der Waals surface area contributed by atoms with Gasteiger partial charge in [0, 0.05) is 29.3 Å². The molecule has 1 atom stereocenters. The highest BCUT2D eigenvalue weighted by atomic mass is 79.9. The molecule has 0 aliphatic heterocycles. The van der Waals surface area contributed by atoms with Crippen molar-refractivity contribution >= 4 is 21.6 Å². The monoisotopic (exact) mass is 333 g/mol. The summed E-state index contributed by atoms with van der Waals surface area (Å²) in [6, 6.07) is 16.4. The van der Waals surface area contributed by atoms with Crippen LogP contribution in [0.1, 0.15) is 30.6 Å². The Morgan fingerprint density at radius 1 is 1.15 bits per heavy atom. The first-order valence-corrected chi connectivity index (χ1v) is 7.63. The second-order valence-electron chi connectivity index (χ2n) is 4.97. The molecule has 0 bridgehead atoms. The third-order valence-electron chi connectivity index (χ3n) is 3.40. The molecule has 2 aromatic rings. The van der Waals surface area contributed by atoms with Gasteiger partial charge in [-0.2, -0.15) is 0 Å². The second kappa shape index (κ2) is 6.91. The van der Waals surface area contributed by atoms with Crippen LogP contribution in [-0.2, 0) is 6.54 Å². The molecule has 0 fully saturated rings. The number of anilines is 1. The van der Waals surface area contributed by atoms with Crippen LogP contribution in [0.15, 0.2) is 53.0 Å². The van der Waals surface area contributed by atoms with Gasteiger partial charge in [-0.05, 0) is 30.2 Å². The molecule has 106 valence electrons. The van der Waals surface area contributed by atoms with E-state index >= 15 is 0 Å². The maximum Gasteiger partial charge on any atom is 0.0807 e. The van der Waals surface area contributed by atoms with Crippen molar-refractivity contribution in [3.05, 3.63) is 64.1 Å². The van der Waals surface area contributed by atoms with E-state index < -0.39 is 6.10 Å². The van der Waals surface area contributed by atoms with E-state index in [-0.39, 0.29) is 0 Å². The van der Waals surface area contributed by atoms with Crippen LogP contribution in [0, 0.1) is 0 Å². The first kappa shape index (κ1) is 15.1. The summed E-state index contributed by atoms with van der Waals surface area (Å²) in [5.74, 6) is 0. The van der Waals surface area contributed by atoms with E-state index in [9.17, 15) is 5.11 Å². The molecular formula is C17H20BrNO. The molecule has 0 aromatic heterocycles. The highest BCUT2D eigenvalue weighted by Gasteiger charge is 2.13. The van der Waals surface area contributed by atoms with Crippen LogP contribution in [-0.4, -0.2) is 12.2 Å². The third kappa shape index (κ3) is 3.62. The maximum atomic E-state index is 10.1. The Morgan fingerprint density at radius 2 is 1.90 bits per heavy atom. The molecule has 0 aliphatic carbocycles. The van der Waals surface area contributed by atoms with E-state index in [2.05, 4.69) is 46.1 Å². The quantitative estimate of drug-likeness (QED) is 0.868. The van der Waals surface area contributed by atoms with Crippen molar-refractivity contribution in [2.24, 2.45) is 0 Å². The third-order valence-corrected chi connectivity index (χ3v) is 3.90. The predicted molar refractivity (Wildman–Crippen MR) is 87.9 cm³/mol. The molecule has 20 heavy (non-hydrogen) atoms. The molecule has 0 heterocycles. The van der Waals surface area contributed by atoms with Crippen LogP contribution in [0.5, 0.6) is 0 Å². The molecule has 0 radical (unpaired) electrons. The van der Waals surface area contributed by atoms with Crippen LogP contribution < -0.4 is 4.90 Å². The zero-order chi connectivity index (χ0) is 14.5. The zero-order valence-electron chi connectivity index (χ0n) is 11.9. The van der Waals surface area contributed by atoms with Crippen LogP contribution in [0.2, 0.25) is 0 Å². The minimum Gasteiger partial charge on any atom is -0.388 e. The van der Waals surface area contributed by atoms with Gasteiger partial charge in [0.05, 0.1) is 6.10 Å². The highest BCUT2D eigenvalue weighted by Crippen LogP contribution is 2.28. The SMILES string of the molecule is CCC(O)c1ccccc1N(C)Cc1cccc(Br)c1. The van der Waals surface area contributed by atoms with E-state index in [4.69, 9.17) is 0 Å². The summed E-state index contributed by atoms with van der Waals surface area (Å²) in [6.45, 7) is 2.81. The number of benzene rings is 2. The fourth-order valence-corrected chi connectivity index (χ4v) is 2.78. The van der Waals surface area contributed by atoms with E-state index in [1.807, 2.05) is 37.3 Å². The van der Waals surface area contributed by atoms with Crippen LogP contribution in [0.25, 0.3) is 0 Å². The molecule has 0 amide bonds. The molecule has 0 aliphatic rings. The molecule has 0 spiro atoms. The van der Waals surface area contributed by atoms with Crippen LogP contribution in [0.3, 0.4) is 0 Å². The standard InChI is InChI=1S/C17H20BrNO/c1-3-17(20)15-9-4-5-10-16(15)19(2)12-13-7-6-8-14(18)11-13/h4-11,17,20H,3,12H2,1-2H3. The predicted octanol–water partition coefficient (Wildman–Crippen LogP) is 4.53. The van der Waals surface area contributed by atoms with Gasteiger partial charge in [0.15, 0.2) is 0 Å². The second-order valence-corrected chi connectivity index (χ2v) is 5.88. The average molecular weight is 334 g/mol. The Kier molecular flexibility index (Phi) is 5.21. The van der Waals surface area contributed by atoms with Crippen molar-refractivity contribution in [2.45, 2.75) is 26.0 Å². The lowest BCUT2D eigenvalue weighted by molar-refractivity contribution is 0.174. The molecule has 2 aromatic carbocycles. The summed E-state index contributed by atoms with van der Waals surface area (Å²) in [5.41, 5.74) is 3.32. The summed E-state index contributed by atoms with van der Waals surface area (Å²) in [4.78, 5) is 2.18. The Bertz CT molecular complexity index is 570. The first-order valence-electron chi connectivity index (χ1n) is 6.84. The van der Waals surface area contributed by atoms with Gasteiger partial charge in [-0.25, -0.2) is 0 Å². The van der Waals surface area contributed by atoms with E-state index in [1.54, 1.807) is 0 Å². The molecule has 2 rings (SSSR count). The van der Waals surface area contributed by atoms with E-state index in [0.717, 1.165) is 28.7 Å². The molecule has 0 saturated heterocycles. The van der Waals surface area contributed by atoms with Crippen LogP contribution in [0.4, 0.5) is 5.69 Å². The van der Waals surface area contributed by atoms with Gasteiger partial charge in [0.2, 0.25) is 0 Å². The Balaban J connectivity index is 2.23. The van der Waals surface area contributed by atoms with E-state index in [1.165, 1.54) is 5.56 Å². The fourth-order valence-electron chi connectivity index (χ4n) is 2.33. The largest absolute Gasteiger partial charge is 0.388 e. The topological polar surface area (TPSA) is 23.5 Å². The fraction of sp³-hybridized carbons (Fsp3) is 0.294. The summed E-state index contributed by atoms with van der Waals surface area (Å²) >= 11 is 3.50. The van der Waals surface area contributed by atoms with Gasteiger partial charge in [-0.1, -0.05) is 53.2 Å². The average Bonchev–Trinajstić information content (AvgIpc) is 2.46. The molecule has 2 nitrogen and oxygen atoms in total. The van der Waals surface area contributed by atoms with Crippen molar-refractivity contribution in [1.82, 2.24) is 0 Å². The maximum absolute atomic E-state index is 10.1.